The molecule has 0 saturated heterocycles. The maximum Gasteiger partial charge on any atom is 0.0540 e. The third-order valence-electron chi connectivity index (χ3n) is 12.8. The van der Waals surface area contributed by atoms with Crippen LogP contribution in [0.5, 0.6) is 0 Å². The van der Waals surface area contributed by atoms with Crippen LogP contribution >= 0.6 is 0 Å². The minimum Gasteiger partial charge on any atom is -0.310 e. The zero-order valence-electron chi connectivity index (χ0n) is 33.2. The fourth-order valence-electron chi connectivity index (χ4n) is 10.0. The molecule has 1 heteroatoms. The molecule has 282 valence electrons. The second kappa shape index (κ2) is 15.1. The molecule has 0 unspecified atom stereocenters. The summed E-state index contributed by atoms with van der Waals surface area (Å²) >= 11 is 0. The van der Waals surface area contributed by atoms with E-state index in [0.717, 1.165) is 17.1 Å². The Bertz CT molecular complexity index is 3140. The average molecular weight is 756 g/mol. The molecule has 11 rings (SSSR count). The molecule has 59 heavy (non-hydrogen) atoms. The monoisotopic (exact) mass is 755 g/mol. The van der Waals surface area contributed by atoms with Gasteiger partial charge in [-0.15, -0.1) is 0 Å². The number of hydrogen-bond donors (Lipinski definition) is 0. The van der Waals surface area contributed by atoms with E-state index in [9.17, 15) is 0 Å². The highest BCUT2D eigenvalue weighted by molar-refractivity contribution is 6.12. The summed E-state index contributed by atoms with van der Waals surface area (Å²) in [4.78, 5) is 2.48. The van der Waals surface area contributed by atoms with Crippen LogP contribution in [-0.4, -0.2) is 0 Å². The number of rotatable bonds is 7. The molecule has 0 atom stereocenters. The van der Waals surface area contributed by atoms with E-state index in [1.165, 1.54) is 114 Å². The van der Waals surface area contributed by atoms with Crippen molar-refractivity contribution in [3.05, 3.63) is 212 Å². The molecule has 1 nitrogen and oxygen atoms in total. The quantitative estimate of drug-likeness (QED) is 0.146. The van der Waals surface area contributed by atoms with E-state index >= 15 is 0 Å². The molecule has 0 bridgehead atoms. The lowest BCUT2D eigenvalue weighted by molar-refractivity contribution is 0.445. The van der Waals surface area contributed by atoms with Crippen LogP contribution in [0.2, 0.25) is 0 Å². The fraction of sp³-hybridized carbons (Fsp3) is 0.103. The van der Waals surface area contributed by atoms with Crippen LogP contribution in [0.15, 0.2) is 206 Å². The highest BCUT2D eigenvalue weighted by Gasteiger charge is 2.23. The average Bonchev–Trinajstić information content (AvgIpc) is 3.31. The lowest BCUT2D eigenvalue weighted by Crippen LogP contribution is -2.11. The number of nitrogens with zero attached hydrogens (tertiary/aromatic N) is 1. The SMILES string of the molecule is c1cc(-c2cccc3ccccc23)cc(N(c2ccc(-c3cccc4c3ccc3ccccc34)cc2)c2ccccc2-c2cccc3cccc(C4CCCCC4)c23)c1. The zero-order chi connectivity index (χ0) is 39.1. The van der Waals surface area contributed by atoms with Gasteiger partial charge in [0, 0.05) is 16.9 Å². The predicted molar refractivity (Wildman–Crippen MR) is 253 cm³/mol. The third-order valence-corrected chi connectivity index (χ3v) is 12.8. The molecule has 0 aromatic heterocycles. The van der Waals surface area contributed by atoms with Crippen LogP contribution in [0.1, 0.15) is 43.6 Å². The lowest BCUT2D eigenvalue weighted by Gasteiger charge is -2.29. The Morgan fingerprint density at radius 1 is 0.339 bits per heavy atom. The molecular formula is C58H45N. The number of anilines is 3. The van der Waals surface area contributed by atoms with Gasteiger partial charge < -0.3 is 4.90 Å². The third kappa shape index (κ3) is 6.35. The summed E-state index contributed by atoms with van der Waals surface area (Å²) in [5.41, 5.74) is 12.3. The van der Waals surface area contributed by atoms with Gasteiger partial charge in [0.05, 0.1) is 5.69 Å². The topological polar surface area (TPSA) is 3.24 Å². The van der Waals surface area contributed by atoms with E-state index in [2.05, 4.69) is 211 Å². The van der Waals surface area contributed by atoms with Crippen molar-refractivity contribution in [1.29, 1.82) is 0 Å². The molecule has 0 spiro atoms. The van der Waals surface area contributed by atoms with Crippen molar-refractivity contribution >= 4 is 60.2 Å². The summed E-state index contributed by atoms with van der Waals surface area (Å²) < 4.78 is 0. The molecule has 10 aromatic rings. The van der Waals surface area contributed by atoms with E-state index in [1.54, 1.807) is 0 Å². The Morgan fingerprint density at radius 3 is 1.76 bits per heavy atom. The molecule has 1 saturated carbocycles. The van der Waals surface area contributed by atoms with Gasteiger partial charge in [-0.1, -0.05) is 195 Å². The van der Waals surface area contributed by atoms with Gasteiger partial charge in [-0.2, -0.15) is 0 Å². The summed E-state index contributed by atoms with van der Waals surface area (Å²) in [5, 5.41) is 10.3. The van der Waals surface area contributed by atoms with Crippen molar-refractivity contribution < 1.29 is 0 Å². The number of fused-ring (bicyclic) bond motifs is 5. The molecule has 1 fully saturated rings. The van der Waals surface area contributed by atoms with Crippen LogP contribution in [0.3, 0.4) is 0 Å². The van der Waals surface area contributed by atoms with E-state index in [4.69, 9.17) is 0 Å². The van der Waals surface area contributed by atoms with Gasteiger partial charge in [0.25, 0.3) is 0 Å². The minimum absolute atomic E-state index is 0.592. The molecule has 1 aliphatic rings. The summed E-state index contributed by atoms with van der Waals surface area (Å²) in [6.45, 7) is 0. The Morgan fingerprint density at radius 2 is 0.932 bits per heavy atom. The van der Waals surface area contributed by atoms with Gasteiger partial charge in [-0.3, -0.25) is 0 Å². The van der Waals surface area contributed by atoms with Gasteiger partial charge in [0.1, 0.15) is 0 Å². The van der Waals surface area contributed by atoms with Crippen molar-refractivity contribution in [3.8, 4) is 33.4 Å². The first-order valence-corrected chi connectivity index (χ1v) is 21.3. The molecule has 0 N–H and O–H groups in total. The normalized spacial score (nSPS) is 13.4. The molecular weight excluding hydrogens is 711 g/mol. The van der Waals surface area contributed by atoms with Gasteiger partial charge in [0.15, 0.2) is 0 Å². The van der Waals surface area contributed by atoms with Crippen molar-refractivity contribution in [1.82, 2.24) is 0 Å². The van der Waals surface area contributed by atoms with E-state index in [-0.39, 0.29) is 0 Å². The van der Waals surface area contributed by atoms with E-state index in [0.29, 0.717) is 5.92 Å². The number of para-hydroxylation sites is 1. The van der Waals surface area contributed by atoms with Crippen molar-refractivity contribution in [2.24, 2.45) is 0 Å². The molecule has 0 amide bonds. The first-order valence-electron chi connectivity index (χ1n) is 21.3. The minimum atomic E-state index is 0.592. The van der Waals surface area contributed by atoms with Crippen molar-refractivity contribution in [3.63, 3.8) is 0 Å². The summed E-state index contributed by atoms with van der Waals surface area (Å²) in [7, 11) is 0. The maximum absolute atomic E-state index is 2.48. The lowest BCUT2D eigenvalue weighted by atomic mass is 9.80. The number of hydrogen-bond acceptors (Lipinski definition) is 1. The second-order valence-corrected chi connectivity index (χ2v) is 16.2. The Hall–Kier alpha value is -6.96. The van der Waals surface area contributed by atoms with E-state index < -0.39 is 0 Å². The summed E-state index contributed by atoms with van der Waals surface area (Å²) in [6.07, 6.45) is 6.50. The summed E-state index contributed by atoms with van der Waals surface area (Å²) in [5.74, 6) is 0.592. The molecule has 10 aromatic carbocycles. The second-order valence-electron chi connectivity index (χ2n) is 16.2. The van der Waals surface area contributed by atoms with Gasteiger partial charge in [-0.25, -0.2) is 0 Å². The Kier molecular flexibility index (Phi) is 9.01. The van der Waals surface area contributed by atoms with Crippen LogP contribution in [0.4, 0.5) is 17.1 Å². The standard InChI is InChI=1S/C58H45N/c1-2-15-41(16-3-1)52-29-12-20-44-21-13-31-56(58(44)52)55-26-8-9-32-57(55)59(47-23-10-22-45(39-47)51-27-11-19-40-17-4-6-24-48(40)51)46-36-33-43(34-37-46)50-28-14-30-53-49-25-7-5-18-42(49)35-38-54(50)53/h4-14,17-39,41H,1-3,15-16H2. The van der Waals surface area contributed by atoms with Gasteiger partial charge >= 0.3 is 0 Å². The van der Waals surface area contributed by atoms with Crippen LogP contribution < -0.4 is 4.90 Å². The van der Waals surface area contributed by atoms with Crippen LogP contribution in [0, 0.1) is 0 Å². The zero-order valence-corrected chi connectivity index (χ0v) is 33.2. The Balaban J connectivity index is 1.10. The number of benzene rings is 10. The smallest absolute Gasteiger partial charge is 0.0540 e. The highest BCUT2D eigenvalue weighted by atomic mass is 15.1. The van der Waals surface area contributed by atoms with Crippen molar-refractivity contribution in [2.45, 2.75) is 38.0 Å². The molecule has 0 heterocycles. The maximum atomic E-state index is 2.48. The van der Waals surface area contributed by atoms with Crippen LogP contribution in [-0.2, 0) is 0 Å². The molecule has 0 radical (unpaired) electrons. The Labute approximate surface area is 346 Å². The highest BCUT2D eigenvalue weighted by Crippen LogP contribution is 2.47. The molecule has 1 aliphatic carbocycles. The predicted octanol–water partition coefficient (Wildman–Crippen LogP) is 16.8. The van der Waals surface area contributed by atoms with Gasteiger partial charge in [0.2, 0.25) is 0 Å². The van der Waals surface area contributed by atoms with Crippen LogP contribution in [0.25, 0.3) is 76.5 Å². The first kappa shape index (κ1) is 35.2. The first-order chi connectivity index (χ1) is 29.3. The van der Waals surface area contributed by atoms with E-state index in [1.807, 2.05) is 0 Å². The largest absolute Gasteiger partial charge is 0.310 e. The fourth-order valence-corrected chi connectivity index (χ4v) is 10.0. The molecule has 0 aliphatic heterocycles. The van der Waals surface area contributed by atoms with Crippen molar-refractivity contribution in [2.75, 3.05) is 4.90 Å². The summed E-state index contributed by atoms with van der Waals surface area (Å²) in [6, 6.07) is 76.6. The van der Waals surface area contributed by atoms with Gasteiger partial charge in [-0.05, 0) is 126 Å².